The zero-order valence-corrected chi connectivity index (χ0v) is 12.8. The zero-order valence-electron chi connectivity index (χ0n) is 11.9. The van der Waals surface area contributed by atoms with Gasteiger partial charge >= 0.3 is 5.97 Å². The maximum atomic E-state index is 11.9. The number of amides is 2. The van der Waals surface area contributed by atoms with Crippen LogP contribution in [0.2, 0.25) is 0 Å². The average Bonchev–Trinajstić information content (AvgIpc) is 2.96. The van der Waals surface area contributed by atoms with E-state index in [1.807, 2.05) is 0 Å². The maximum absolute atomic E-state index is 11.9. The minimum Gasteiger partial charge on any atom is -0.480 e. The van der Waals surface area contributed by atoms with E-state index in [9.17, 15) is 14.4 Å². The third kappa shape index (κ3) is 5.37. The van der Waals surface area contributed by atoms with Crippen LogP contribution in [-0.2, 0) is 20.8 Å². The molecular formula is C12H19N5O4S. The number of aliphatic carboxylic acids is 1. The quantitative estimate of drug-likeness (QED) is 0.312. The first kappa shape index (κ1) is 18.0. The first-order valence-corrected chi connectivity index (χ1v) is 7.15. The van der Waals surface area contributed by atoms with Crippen molar-refractivity contribution in [2.45, 2.75) is 31.5 Å². The summed E-state index contributed by atoms with van der Waals surface area (Å²) in [7, 11) is 0. The second-order valence-electron chi connectivity index (χ2n) is 4.70. The molecule has 0 aromatic carbocycles. The van der Waals surface area contributed by atoms with Crippen molar-refractivity contribution in [1.82, 2.24) is 20.6 Å². The Kier molecular flexibility index (Phi) is 6.86. The molecule has 0 aliphatic carbocycles. The van der Waals surface area contributed by atoms with Gasteiger partial charge in [0.05, 0.1) is 12.4 Å². The number of rotatable bonds is 8. The molecule has 122 valence electrons. The van der Waals surface area contributed by atoms with E-state index >= 15 is 0 Å². The van der Waals surface area contributed by atoms with Crippen LogP contribution in [0.4, 0.5) is 0 Å². The van der Waals surface area contributed by atoms with Crippen molar-refractivity contribution in [3.8, 4) is 0 Å². The minimum atomic E-state index is -1.20. The molecule has 3 unspecified atom stereocenters. The molecule has 6 N–H and O–H groups in total. The second kappa shape index (κ2) is 8.39. The molecule has 0 saturated heterocycles. The molecule has 10 heteroatoms. The third-order valence-corrected chi connectivity index (χ3v) is 3.25. The molecule has 0 fully saturated rings. The van der Waals surface area contributed by atoms with Crippen molar-refractivity contribution >= 4 is 30.4 Å². The lowest BCUT2D eigenvalue weighted by molar-refractivity contribution is -0.141. The molecule has 0 aliphatic rings. The van der Waals surface area contributed by atoms with E-state index in [2.05, 4.69) is 33.2 Å². The SMILES string of the molecule is CC(NC(=O)C(N)Cc1cnc[nH]1)C(=O)NC(CS)C(=O)O. The first-order chi connectivity index (χ1) is 10.3. The summed E-state index contributed by atoms with van der Waals surface area (Å²) in [6, 6.07) is -2.88. The molecule has 1 aromatic rings. The minimum absolute atomic E-state index is 0.0545. The Morgan fingerprint density at radius 1 is 1.41 bits per heavy atom. The van der Waals surface area contributed by atoms with E-state index in [0.717, 1.165) is 0 Å². The van der Waals surface area contributed by atoms with E-state index in [-0.39, 0.29) is 12.2 Å². The Morgan fingerprint density at radius 3 is 2.59 bits per heavy atom. The Bertz CT molecular complexity index is 522. The van der Waals surface area contributed by atoms with Crippen LogP contribution in [0.25, 0.3) is 0 Å². The van der Waals surface area contributed by atoms with E-state index in [1.165, 1.54) is 13.3 Å². The van der Waals surface area contributed by atoms with Gasteiger partial charge in [0.2, 0.25) is 11.8 Å². The van der Waals surface area contributed by atoms with Crippen molar-refractivity contribution in [2.75, 3.05) is 5.75 Å². The summed E-state index contributed by atoms with van der Waals surface area (Å²) in [6.45, 7) is 1.44. The van der Waals surface area contributed by atoms with E-state index in [4.69, 9.17) is 10.8 Å². The zero-order chi connectivity index (χ0) is 16.7. The van der Waals surface area contributed by atoms with Crippen LogP contribution in [-0.4, -0.2) is 56.7 Å². The fourth-order valence-electron chi connectivity index (χ4n) is 1.59. The van der Waals surface area contributed by atoms with Gasteiger partial charge in [-0.15, -0.1) is 0 Å². The number of thiol groups is 1. The predicted molar refractivity (Wildman–Crippen MR) is 81.3 cm³/mol. The summed E-state index contributed by atoms with van der Waals surface area (Å²) >= 11 is 3.84. The van der Waals surface area contributed by atoms with Crippen LogP contribution in [0.1, 0.15) is 12.6 Å². The van der Waals surface area contributed by atoms with Crippen molar-refractivity contribution < 1.29 is 19.5 Å². The largest absolute Gasteiger partial charge is 0.480 e. The fourth-order valence-corrected chi connectivity index (χ4v) is 1.84. The molecule has 1 rings (SSSR count). The summed E-state index contributed by atoms with van der Waals surface area (Å²) in [5.74, 6) is -2.39. The van der Waals surface area contributed by atoms with Crippen LogP contribution >= 0.6 is 12.6 Å². The number of aromatic nitrogens is 2. The summed E-state index contributed by atoms with van der Waals surface area (Å²) in [5.41, 5.74) is 6.43. The number of nitrogens with one attached hydrogen (secondary N) is 3. The Labute approximate surface area is 132 Å². The van der Waals surface area contributed by atoms with Crippen LogP contribution < -0.4 is 16.4 Å². The molecule has 9 nitrogen and oxygen atoms in total. The number of carboxylic acid groups (broad SMARTS) is 1. The van der Waals surface area contributed by atoms with Crippen LogP contribution in [0, 0.1) is 0 Å². The highest BCUT2D eigenvalue weighted by molar-refractivity contribution is 7.80. The summed E-state index contributed by atoms with van der Waals surface area (Å²) in [6.07, 6.45) is 3.27. The topological polar surface area (TPSA) is 150 Å². The molecule has 0 radical (unpaired) electrons. The maximum Gasteiger partial charge on any atom is 0.327 e. The van der Waals surface area contributed by atoms with Gasteiger partial charge in [0.1, 0.15) is 12.1 Å². The van der Waals surface area contributed by atoms with Gasteiger partial charge in [-0.3, -0.25) is 9.59 Å². The lowest BCUT2D eigenvalue weighted by Crippen LogP contribution is -2.54. The molecule has 3 atom stereocenters. The number of nitrogens with two attached hydrogens (primary N) is 1. The van der Waals surface area contributed by atoms with Gasteiger partial charge < -0.3 is 26.5 Å². The smallest absolute Gasteiger partial charge is 0.327 e. The Morgan fingerprint density at radius 2 is 2.09 bits per heavy atom. The number of hydrogen-bond acceptors (Lipinski definition) is 6. The van der Waals surface area contributed by atoms with Gasteiger partial charge in [-0.2, -0.15) is 12.6 Å². The molecule has 0 saturated carbocycles. The van der Waals surface area contributed by atoms with Gasteiger partial charge in [0.25, 0.3) is 0 Å². The molecule has 2 amide bonds. The molecule has 22 heavy (non-hydrogen) atoms. The number of carboxylic acids is 1. The molecule has 1 aromatic heterocycles. The monoisotopic (exact) mass is 329 g/mol. The van der Waals surface area contributed by atoms with Crippen molar-refractivity contribution in [3.63, 3.8) is 0 Å². The summed E-state index contributed by atoms with van der Waals surface area (Å²) in [5, 5.41) is 13.5. The number of imidazole rings is 1. The van der Waals surface area contributed by atoms with Gasteiger partial charge in [-0.25, -0.2) is 9.78 Å². The van der Waals surface area contributed by atoms with E-state index < -0.39 is 35.9 Å². The van der Waals surface area contributed by atoms with Gasteiger partial charge in [-0.1, -0.05) is 0 Å². The molecule has 0 bridgehead atoms. The Balaban J connectivity index is 2.48. The van der Waals surface area contributed by atoms with Crippen LogP contribution in [0.5, 0.6) is 0 Å². The van der Waals surface area contributed by atoms with Crippen molar-refractivity contribution in [1.29, 1.82) is 0 Å². The molecular weight excluding hydrogens is 310 g/mol. The van der Waals surface area contributed by atoms with Crippen LogP contribution in [0.3, 0.4) is 0 Å². The normalized spacial score (nSPS) is 14.7. The van der Waals surface area contributed by atoms with Crippen LogP contribution in [0.15, 0.2) is 12.5 Å². The number of H-pyrrole nitrogens is 1. The molecule has 0 spiro atoms. The highest BCUT2D eigenvalue weighted by Gasteiger charge is 2.24. The lowest BCUT2D eigenvalue weighted by Gasteiger charge is -2.19. The summed E-state index contributed by atoms with van der Waals surface area (Å²) in [4.78, 5) is 41.2. The second-order valence-corrected chi connectivity index (χ2v) is 5.06. The van der Waals surface area contributed by atoms with Gasteiger partial charge in [-0.05, 0) is 6.92 Å². The number of carbonyl (C=O) groups excluding carboxylic acids is 2. The third-order valence-electron chi connectivity index (χ3n) is 2.88. The molecule has 0 aliphatic heterocycles. The fraction of sp³-hybridized carbons (Fsp3) is 0.500. The van der Waals surface area contributed by atoms with Gasteiger partial charge in [0, 0.05) is 24.1 Å². The number of aromatic amines is 1. The standard InChI is InChI=1S/C12H19N5O4S/c1-6(10(18)17-9(4-22)12(20)21)16-11(19)8(13)2-7-3-14-5-15-7/h3,5-6,8-9,22H,2,4,13H2,1H3,(H,14,15)(H,16,19)(H,17,18)(H,20,21). The number of carbonyl (C=O) groups is 3. The van der Waals surface area contributed by atoms with Gasteiger partial charge in [0.15, 0.2) is 0 Å². The summed E-state index contributed by atoms with van der Waals surface area (Å²) < 4.78 is 0. The average molecular weight is 329 g/mol. The predicted octanol–water partition coefficient (Wildman–Crippen LogP) is -1.72. The number of hydrogen-bond donors (Lipinski definition) is 6. The van der Waals surface area contributed by atoms with Crippen molar-refractivity contribution in [3.05, 3.63) is 18.2 Å². The van der Waals surface area contributed by atoms with E-state index in [1.54, 1.807) is 6.20 Å². The number of nitrogens with zero attached hydrogens (tertiary/aromatic N) is 1. The highest BCUT2D eigenvalue weighted by atomic mass is 32.1. The molecule has 1 heterocycles. The Hall–Kier alpha value is -2.07. The highest BCUT2D eigenvalue weighted by Crippen LogP contribution is 1.97. The first-order valence-electron chi connectivity index (χ1n) is 6.52. The van der Waals surface area contributed by atoms with Crippen molar-refractivity contribution in [2.24, 2.45) is 5.73 Å². The van der Waals surface area contributed by atoms with E-state index in [0.29, 0.717) is 5.69 Å². The lowest BCUT2D eigenvalue weighted by atomic mass is 10.1.